The number of morpholine rings is 1. The van der Waals surface area contributed by atoms with E-state index in [9.17, 15) is 26.4 Å². The van der Waals surface area contributed by atoms with Crippen LogP contribution in [-0.4, -0.2) is 50.5 Å². The van der Waals surface area contributed by atoms with Crippen molar-refractivity contribution in [3.63, 3.8) is 0 Å². The third kappa shape index (κ3) is 4.69. The lowest BCUT2D eigenvalue weighted by Crippen LogP contribution is -2.41. The molecule has 4 rings (SSSR count). The average Bonchev–Trinajstić information content (AvgIpc) is 2.82. The first-order chi connectivity index (χ1) is 16.2. The molecule has 0 N–H and O–H groups in total. The van der Waals surface area contributed by atoms with Crippen LogP contribution in [0.5, 0.6) is 0 Å². The molecule has 1 amide bonds. The molecule has 0 bridgehead atoms. The van der Waals surface area contributed by atoms with Gasteiger partial charge in [-0.3, -0.25) is 9.78 Å². The van der Waals surface area contributed by atoms with Gasteiger partial charge in [0.1, 0.15) is 28.4 Å². The number of benzene rings is 2. The number of ether oxygens (including phenoxy) is 1. The Morgan fingerprint density at radius 1 is 0.971 bits per heavy atom. The second kappa shape index (κ2) is 9.55. The van der Waals surface area contributed by atoms with Crippen LogP contribution in [0.25, 0.3) is 0 Å². The summed E-state index contributed by atoms with van der Waals surface area (Å²) >= 11 is 0. The summed E-state index contributed by atoms with van der Waals surface area (Å²) < 4.78 is 74.7. The van der Waals surface area contributed by atoms with Gasteiger partial charge in [-0.1, -0.05) is 0 Å². The molecule has 0 spiro atoms. The summed E-state index contributed by atoms with van der Waals surface area (Å²) in [5, 5.41) is -1.67. The van der Waals surface area contributed by atoms with Crippen molar-refractivity contribution in [1.29, 1.82) is 0 Å². The summed E-state index contributed by atoms with van der Waals surface area (Å²) in [7, 11) is -4.36. The Hall–Kier alpha value is -3.24. The number of amides is 1. The second-order valence-corrected chi connectivity index (χ2v) is 9.91. The van der Waals surface area contributed by atoms with E-state index in [2.05, 4.69) is 4.98 Å². The molecule has 10 heteroatoms. The fourth-order valence-electron chi connectivity index (χ4n) is 3.86. The zero-order valence-electron chi connectivity index (χ0n) is 18.2. The summed E-state index contributed by atoms with van der Waals surface area (Å²) in [6.07, 6.45) is 1.19. The van der Waals surface area contributed by atoms with Crippen LogP contribution in [0.3, 0.4) is 0 Å². The van der Waals surface area contributed by atoms with Gasteiger partial charge >= 0.3 is 0 Å². The second-order valence-electron chi connectivity index (χ2n) is 7.88. The van der Waals surface area contributed by atoms with Gasteiger partial charge in [-0.2, -0.15) is 0 Å². The zero-order chi connectivity index (χ0) is 24.5. The van der Waals surface area contributed by atoms with E-state index >= 15 is 0 Å². The molecular weight excluding hydrogens is 469 g/mol. The number of aromatic nitrogens is 1. The third-order valence-electron chi connectivity index (χ3n) is 5.64. The first-order valence-electron chi connectivity index (χ1n) is 10.5. The van der Waals surface area contributed by atoms with Gasteiger partial charge in [0.2, 0.25) is 0 Å². The van der Waals surface area contributed by atoms with Crippen molar-refractivity contribution in [2.24, 2.45) is 0 Å². The number of sulfone groups is 1. The topological polar surface area (TPSA) is 76.6 Å². The molecule has 0 aliphatic carbocycles. The highest BCUT2D eigenvalue weighted by Gasteiger charge is 2.35. The highest BCUT2D eigenvalue weighted by molar-refractivity contribution is 7.92. The third-order valence-corrected chi connectivity index (χ3v) is 7.70. The van der Waals surface area contributed by atoms with Gasteiger partial charge in [0.25, 0.3) is 5.91 Å². The van der Waals surface area contributed by atoms with Crippen molar-refractivity contribution < 1.29 is 31.1 Å². The molecule has 34 heavy (non-hydrogen) atoms. The Bertz CT molecular complexity index is 1320. The predicted octanol–water partition coefficient (Wildman–Crippen LogP) is 3.84. The quantitative estimate of drug-likeness (QED) is 0.508. The summed E-state index contributed by atoms with van der Waals surface area (Å²) in [5.74, 6) is -2.73. The SMILES string of the molecule is Cc1cc(C(=O)N2CCOCC2)ncc1C(c1cc(F)ccc1F)S(=O)(=O)c1ccc(F)cc1. The summed E-state index contributed by atoms with van der Waals surface area (Å²) in [6, 6.07) is 8.04. The first kappa shape index (κ1) is 23.9. The van der Waals surface area contributed by atoms with Crippen LogP contribution in [0.15, 0.2) is 59.6 Å². The summed E-state index contributed by atoms with van der Waals surface area (Å²) in [5.41, 5.74) is 0.112. The largest absolute Gasteiger partial charge is 0.378 e. The number of hydrogen-bond donors (Lipinski definition) is 0. The zero-order valence-corrected chi connectivity index (χ0v) is 19.0. The lowest BCUT2D eigenvalue weighted by Gasteiger charge is -2.27. The van der Waals surface area contributed by atoms with Gasteiger partial charge in [-0.25, -0.2) is 21.6 Å². The molecule has 1 aliphatic heterocycles. The molecule has 1 aromatic heterocycles. The molecule has 1 aliphatic rings. The number of hydrogen-bond acceptors (Lipinski definition) is 5. The minimum Gasteiger partial charge on any atom is -0.378 e. The number of carbonyl (C=O) groups excluding carboxylic acids is 1. The Kier molecular flexibility index (Phi) is 6.72. The first-order valence-corrected chi connectivity index (χ1v) is 12.0. The Labute approximate surface area is 194 Å². The minimum absolute atomic E-state index is 0.0763. The summed E-state index contributed by atoms with van der Waals surface area (Å²) in [6.45, 7) is 3.17. The van der Waals surface area contributed by atoms with Crippen molar-refractivity contribution >= 4 is 15.7 Å². The average molecular weight is 491 g/mol. The fraction of sp³-hybridized carbons (Fsp3) is 0.250. The fourth-order valence-corrected chi connectivity index (χ4v) is 5.75. The van der Waals surface area contributed by atoms with Gasteiger partial charge in [0.05, 0.1) is 18.1 Å². The molecule has 1 unspecified atom stereocenters. The molecule has 3 aromatic rings. The Morgan fingerprint density at radius 2 is 1.62 bits per heavy atom. The highest BCUT2D eigenvalue weighted by atomic mass is 32.2. The number of rotatable bonds is 5. The molecule has 6 nitrogen and oxygen atoms in total. The maximum Gasteiger partial charge on any atom is 0.272 e. The van der Waals surface area contributed by atoms with Gasteiger partial charge in [0, 0.05) is 24.8 Å². The molecule has 2 aromatic carbocycles. The lowest BCUT2D eigenvalue weighted by molar-refractivity contribution is 0.0299. The van der Waals surface area contributed by atoms with Crippen LogP contribution in [0.2, 0.25) is 0 Å². The van der Waals surface area contributed by atoms with Gasteiger partial charge in [-0.05, 0) is 66.6 Å². The maximum atomic E-state index is 14.8. The van der Waals surface area contributed by atoms with E-state index in [1.54, 1.807) is 11.8 Å². The van der Waals surface area contributed by atoms with Crippen LogP contribution >= 0.6 is 0 Å². The molecule has 178 valence electrons. The molecule has 0 radical (unpaired) electrons. The van der Waals surface area contributed by atoms with Gasteiger partial charge in [-0.15, -0.1) is 0 Å². The smallest absolute Gasteiger partial charge is 0.272 e. The minimum atomic E-state index is -4.36. The van der Waals surface area contributed by atoms with Crippen LogP contribution in [-0.2, 0) is 14.6 Å². The van der Waals surface area contributed by atoms with Gasteiger partial charge < -0.3 is 9.64 Å². The molecule has 1 atom stereocenters. The van der Waals surface area contributed by atoms with Crippen LogP contribution < -0.4 is 0 Å². The molecule has 2 heterocycles. The molecule has 1 saturated heterocycles. The monoisotopic (exact) mass is 490 g/mol. The number of carbonyl (C=O) groups is 1. The van der Waals surface area contributed by atoms with E-state index in [1.165, 1.54) is 12.3 Å². The Balaban J connectivity index is 1.83. The van der Waals surface area contributed by atoms with E-state index in [1.807, 2.05) is 0 Å². The summed E-state index contributed by atoms with van der Waals surface area (Å²) in [4.78, 5) is 18.3. The lowest BCUT2D eigenvalue weighted by atomic mass is 10.0. The van der Waals surface area contributed by atoms with Gasteiger partial charge in [0.15, 0.2) is 9.84 Å². The van der Waals surface area contributed by atoms with Crippen molar-refractivity contribution in [2.75, 3.05) is 26.3 Å². The van der Waals surface area contributed by atoms with Crippen molar-refractivity contribution in [2.45, 2.75) is 17.1 Å². The van der Waals surface area contributed by atoms with E-state index < -0.39 is 38.1 Å². The molecule has 0 saturated carbocycles. The number of halogens is 3. The van der Waals surface area contributed by atoms with Crippen LogP contribution in [0.1, 0.15) is 32.4 Å². The van der Waals surface area contributed by atoms with E-state index in [4.69, 9.17) is 4.74 Å². The van der Waals surface area contributed by atoms with Crippen molar-refractivity contribution in [3.8, 4) is 0 Å². The van der Waals surface area contributed by atoms with E-state index in [-0.39, 0.29) is 22.1 Å². The maximum absolute atomic E-state index is 14.8. The van der Waals surface area contributed by atoms with Crippen molar-refractivity contribution in [3.05, 3.63) is 94.6 Å². The number of nitrogens with zero attached hydrogens (tertiary/aromatic N) is 2. The normalized spacial score (nSPS) is 15.2. The Morgan fingerprint density at radius 3 is 2.26 bits per heavy atom. The molecule has 1 fully saturated rings. The van der Waals surface area contributed by atoms with Crippen molar-refractivity contribution in [1.82, 2.24) is 9.88 Å². The molecular formula is C24H21F3N2O4S. The predicted molar refractivity (Wildman–Crippen MR) is 117 cm³/mol. The standard InChI is InChI=1S/C24H21F3N2O4S/c1-15-12-22(24(30)29-8-10-33-11-9-29)28-14-20(15)23(19-13-17(26)4-7-21(19)27)34(31,32)18-5-2-16(25)3-6-18/h2-7,12-14,23H,8-11H2,1H3. The highest BCUT2D eigenvalue weighted by Crippen LogP contribution is 2.38. The number of pyridine rings is 1. The van der Waals surface area contributed by atoms with Crippen LogP contribution in [0, 0.1) is 24.4 Å². The van der Waals surface area contributed by atoms with Crippen LogP contribution in [0.4, 0.5) is 13.2 Å². The van der Waals surface area contributed by atoms with E-state index in [0.717, 1.165) is 42.5 Å². The van der Waals surface area contributed by atoms with E-state index in [0.29, 0.717) is 31.9 Å². The number of aryl methyl sites for hydroxylation is 1.